The van der Waals surface area contributed by atoms with Crippen LogP contribution in [0.15, 0.2) is 69.4 Å². The predicted molar refractivity (Wildman–Crippen MR) is 186 cm³/mol. The van der Waals surface area contributed by atoms with E-state index in [4.69, 9.17) is 42.1 Å². The number of carbonyl (C=O) groups excluding carboxylic acids is 3. The molecule has 1 aliphatic heterocycles. The molecule has 1 heterocycles. The summed E-state index contributed by atoms with van der Waals surface area (Å²) in [6.45, 7) is 3.36. The number of amides is 3. The van der Waals surface area contributed by atoms with Crippen molar-refractivity contribution >= 4 is 85.8 Å². The fourth-order valence-electron chi connectivity index (χ4n) is 4.37. The van der Waals surface area contributed by atoms with Crippen molar-refractivity contribution in [2.24, 2.45) is 5.10 Å². The third-order valence-electron chi connectivity index (χ3n) is 6.44. The molecule has 0 radical (unpaired) electrons. The lowest BCUT2D eigenvalue weighted by atomic mass is 9.95. The summed E-state index contributed by atoms with van der Waals surface area (Å²) in [6, 6.07) is 12.6. The number of rotatable bonds is 12. The van der Waals surface area contributed by atoms with Crippen LogP contribution in [-0.2, 0) is 20.9 Å². The van der Waals surface area contributed by atoms with E-state index in [9.17, 15) is 14.4 Å². The second-order valence-electron chi connectivity index (χ2n) is 9.63. The number of esters is 1. The number of nitrogens with zero attached hydrogens (tertiary/aromatic N) is 1. The molecule has 4 rings (SSSR count). The van der Waals surface area contributed by atoms with Gasteiger partial charge in [0.25, 0.3) is 5.91 Å². The number of hydrogen-bond donors (Lipinski definition) is 3. The van der Waals surface area contributed by atoms with Gasteiger partial charge in [-0.2, -0.15) is 5.10 Å². The Morgan fingerprint density at radius 2 is 1.87 bits per heavy atom. The Kier molecular flexibility index (Phi) is 12.5. The molecule has 0 aromatic heterocycles. The molecule has 0 aliphatic carbocycles. The number of methoxy groups -OCH3 is 1. The zero-order valence-electron chi connectivity index (χ0n) is 24.7. The number of allylic oxidation sites excluding steroid dienone is 1. The van der Waals surface area contributed by atoms with Crippen molar-refractivity contribution in [3.63, 3.8) is 0 Å². The van der Waals surface area contributed by atoms with Crippen LogP contribution in [0.1, 0.15) is 36.6 Å². The van der Waals surface area contributed by atoms with Crippen LogP contribution >= 0.6 is 61.7 Å². The van der Waals surface area contributed by atoms with Gasteiger partial charge in [0, 0.05) is 15.7 Å². The minimum atomic E-state index is -0.785. The van der Waals surface area contributed by atoms with Gasteiger partial charge in [0.05, 0.1) is 45.2 Å². The molecule has 242 valence electrons. The smallest absolute Gasteiger partial charge is 0.338 e. The summed E-state index contributed by atoms with van der Waals surface area (Å²) in [5, 5.41) is 10.3. The lowest BCUT2D eigenvalue weighted by molar-refractivity contribution is -0.139. The van der Waals surface area contributed by atoms with Gasteiger partial charge in [-0.3, -0.25) is 4.79 Å². The highest BCUT2D eigenvalue weighted by atomic mass is 127. The number of hydrazone groups is 1. The Balaban J connectivity index is 1.41. The summed E-state index contributed by atoms with van der Waals surface area (Å²) >= 11 is 17.8. The van der Waals surface area contributed by atoms with Crippen LogP contribution in [0, 0.1) is 3.57 Å². The average molecular weight is 846 g/mol. The quantitative estimate of drug-likeness (QED) is 0.0803. The first-order chi connectivity index (χ1) is 22.0. The van der Waals surface area contributed by atoms with Crippen molar-refractivity contribution in [2.45, 2.75) is 26.5 Å². The van der Waals surface area contributed by atoms with E-state index in [1.54, 1.807) is 50.2 Å². The van der Waals surface area contributed by atoms with E-state index in [1.165, 1.54) is 13.3 Å². The molecule has 0 bridgehead atoms. The highest BCUT2D eigenvalue weighted by molar-refractivity contribution is 14.1. The van der Waals surface area contributed by atoms with Crippen molar-refractivity contribution in [3.8, 4) is 17.2 Å². The predicted octanol–water partition coefficient (Wildman–Crippen LogP) is 6.67. The van der Waals surface area contributed by atoms with Gasteiger partial charge in [0.2, 0.25) is 0 Å². The largest absolute Gasteiger partial charge is 0.493 e. The number of ether oxygens (including phenoxy) is 4. The normalized spacial score (nSPS) is 14.4. The van der Waals surface area contributed by atoms with Crippen molar-refractivity contribution in [1.82, 2.24) is 16.1 Å². The van der Waals surface area contributed by atoms with E-state index in [0.717, 1.165) is 13.6 Å². The maximum atomic E-state index is 12.6. The fourth-order valence-corrected chi connectivity index (χ4v) is 6.40. The SMILES string of the molecule is CCOC(=O)C1=C(C)NC(=O)N[C@H]1c1ccc(OCC(=O)N/N=C/c2cc(Br)cc(I)c2OCc2ccc(Cl)c(Cl)c2)c(OC)c1. The summed E-state index contributed by atoms with van der Waals surface area (Å²) in [5.41, 5.74) is 5.09. The van der Waals surface area contributed by atoms with Gasteiger partial charge in [-0.25, -0.2) is 15.0 Å². The molecule has 3 N–H and O–H groups in total. The molecule has 0 saturated carbocycles. The van der Waals surface area contributed by atoms with Crippen molar-refractivity contribution in [2.75, 3.05) is 20.3 Å². The van der Waals surface area contributed by atoms with Crippen molar-refractivity contribution in [1.29, 1.82) is 0 Å². The van der Waals surface area contributed by atoms with Gasteiger partial charge >= 0.3 is 12.0 Å². The number of urea groups is 1. The third kappa shape index (κ3) is 9.05. The molecular weight excluding hydrogens is 818 g/mol. The summed E-state index contributed by atoms with van der Waals surface area (Å²) in [5.74, 6) is 0.0318. The summed E-state index contributed by atoms with van der Waals surface area (Å²) in [4.78, 5) is 37.4. The first kappa shape index (κ1) is 35.3. The third-order valence-corrected chi connectivity index (χ3v) is 8.44. The van der Waals surface area contributed by atoms with Crippen LogP contribution in [0.4, 0.5) is 4.79 Å². The van der Waals surface area contributed by atoms with E-state index >= 15 is 0 Å². The second kappa shape index (κ2) is 16.3. The van der Waals surface area contributed by atoms with Crippen molar-refractivity contribution in [3.05, 3.63) is 94.6 Å². The average Bonchev–Trinajstić information content (AvgIpc) is 3.00. The molecule has 0 fully saturated rings. The first-order valence-corrected chi connectivity index (χ1v) is 16.3. The Labute approximate surface area is 297 Å². The zero-order chi connectivity index (χ0) is 33.4. The summed E-state index contributed by atoms with van der Waals surface area (Å²) in [7, 11) is 1.44. The molecule has 1 aliphatic rings. The molecular formula is C31H28BrCl2IN4O7. The second-order valence-corrected chi connectivity index (χ2v) is 12.5. The van der Waals surface area contributed by atoms with Gasteiger partial charge in [-0.15, -0.1) is 0 Å². The standard InChI is InChI=1S/C31H28BrCl2IN4O7/c1-4-44-30(41)27-16(2)37-31(42)38-28(27)18-6-8-24(25(11-18)43-3)45-15-26(40)39-36-13-19-10-20(32)12-23(35)29(19)46-14-17-5-7-21(33)22(34)9-17/h5-13,28H,4,14-15H2,1-3H3,(H,39,40)(H2,37,38,42)/b36-13+/t28-/m0/s1. The van der Waals surface area contributed by atoms with Gasteiger partial charge in [0.1, 0.15) is 12.4 Å². The summed E-state index contributed by atoms with van der Waals surface area (Å²) < 4.78 is 24.0. The minimum Gasteiger partial charge on any atom is -0.493 e. The Morgan fingerprint density at radius 1 is 1.09 bits per heavy atom. The van der Waals surface area contributed by atoms with Gasteiger partial charge in [-0.05, 0) is 84.0 Å². The Morgan fingerprint density at radius 3 is 2.59 bits per heavy atom. The molecule has 46 heavy (non-hydrogen) atoms. The molecule has 3 aromatic carbocycles. The fraction of sp³-hybridized carbons (Fsp3) is 0.226. The topological polar surface area (TPSA) is 137 Å². The van der Waals surface area contributed by atoms with E-state index in [0.29, 0.717) is 32.6 Å². The number of benzene rings is 3. The molecule has 0 saturated heterocycles. The molecule has 0 spiro atoms. The number of nitrogens with one attached hydrogen (secondary N) is 3. The highest BCUT2D eigenvalue weighted by Crippen LogP contribution is 2.35. The van der Waals surface area contributed by atoms with Crippen LogP contribution in [0.3, 0.4) is 0 Å². The van der Waals surface area contributed by atoms with Crippen LogP contribution in [-0.4, -0.2) is 44.4 Å². The van der Waals surface area contributed by atoms with E-state index < -0.39 is 23.9 Å². The van der Waals surface area contributed by atoms with Crippen LogP contribution in [0.2, 0.25) is 10.0 Å². The molecule has 11 nitrogen and oxygen atoms in total. The lowest BCUT2D eigenvalue weighted by Crippen LogP contribution is -2.45. The van der Waals surface area contributed by atoms with E-state index in [2.05, 4.69) is 59.7 Å². The van der Waals surface area contributed by atoms with Gasteiger partial charge in [-0.1, -0.05) is 51.3 Å². The van der Waals surface area contributed by atoms with E-state index in [1.807, 2.05) is 12.1 Å². The Bertz CT molecular complexity index is 1720. The number of hydrogen-bond acceptors (Lipinski definition) is 8. The number of carbonyl (C=O) groups is 3. The minimum absolute atomic E-state index is 0.176. The highest BCUT2D eigenvalue weighted by Gasteiger charge is 2.32. The molecule has 3 amide bonds. The molecule has 1 atom stereocenters. The maximum Gasteiger partial charge on any atom is 0.338 e. The molecule has 3 aromatic rings. The molecule has 0 unspecified atom stereocenters. The van der Waals surface area contributed by atoms with E-state index in [-0.39, 0.29) is 36.9 Å². The van der Waals surface area contributed by atoms with Crippen LogP contribution in [0.5, 0.6) is 17.2 Å². The number of halogens is 4. The monoisotopic (exact) mass is 844 g/mol. The van der Waals surface area contributed by atoms with Crippen LogP contribution < -0.4 is 30.3 Å². The summed E-state index contributed by atoms with van der Waals surface area (Å²) in [6.07, 6.45) is 1.47. The van der Waals surface area contributed by atoms with Crippen LogP contribution in [0.25, 0.3) is 0 Å². The lowest BCUT2D eigenvalue weighted by Gasteiger charge is -2.28. The Hall–Kier alpha value is -3.53. The van der Waals surface area contributed by atoms with Crippen molar-refractivity contribution < 1.29 is 33.3 Å². The van der Waals surface area contributed by atoms with Gasteiger partial charge < -0.3 is 29.6 Å². The van der Waals surface area contributed by atoms with Gasteiger partial charge in [0.15, 0.2) is 18.1 Å². The first-order valence-electron chi connectivity index (χ1n) is 13.6. The maximum absolute atomic E-state index is 12.6. The molecule has 15 heteroatoms. The zero-order valence-corrected chi connectivity index (χ0v) is 30.0.